The minimum atomic E-state index is -4.43. The maximum atomic E-state index is 14.1. The number of Topliss-reactive ketones (excluding diaryl/α,β-unsaturated/α-hetero) is 2. The summed E-state index contributed by atoms with van der Waals surface area (Å²) in [4.78, 5) is 40.9. The van der Waals surface area contributed by atoms with Crippen molar-refractivity contribution < 1.29 is 52.4 Å². The molecule has 3 aliphatic rings. The van der Waals surface area contributed by atoms with Crippen molar-refractivity contribution in [2.45, 2.75) is 43.6 Å². The van der Waals surface area contributed by atoms with E-state index in [1.54, 1.807) is 0 Å². The quantitative estimate of drug-likeness (QED) is 0.152. The van der Waals surface area contributed by atoms with Crippen LogP contribution in [-0.2, 0) is 27.3 Å². The number of nitrogens with zero attached hydrogens (tertiary/aromatic N) is 1. The minimum Gasteiger partial charge on any atom is -0.508 e. The van der Waals surface area contributed by atoms with E-state index in [1.165, 1.54) is 49.3 Å². The monoisotopic (exact) mass is 633 g/mol. The highest BCUT2D eigenvalue weighted by atomic mass is 19.4. The van der Waals surface area contributed by atoms with Gasteiger partial charge in [-0.1, -0.05) is 12.1 Å². The Balaban J connectivity index is 1.69. The SMILES string of the molecule is CN(C)[C@@H]1C(=O)C(C(N)=O)=C(O)[C@@]2(O)C(=O)C3=C(O)c4c(O)c(CNCCC(F)(F)F)cc(-c5ccc(F)cc5)c4C[C@H]3C[C@@H]12. The van der Waals surface area contributed by atoms with Gasteiger partial charge < -0.3 is 31.5 Å². The first-order valence-electron chi connectivity index (χ1n) is 14.0. The number of phenolic OH excluding ortho intramolecular Hbond substituents is 1. The lowest BCUT2D eigenvalue weighted by Gasteiger charge is -2.50. The van der Waals surface area contributed by atoms with Crippen LogP contribution in [0.3, 0.4) is 0 Å². The van der Waals surface area contributed by atoms with Gasteiger partial charge in [0.15, 0.2) is 11.4 Å². The number of halogens is 4. The first-order valence-corrected chi connectivity index (χ1v) is 14.0. The summed E-state index contributed by atoms with van der Waals surface area (Å²) in [6.45, 7) is -0.749. The Kier molecular flexibility index (Phi) is 8.05. The molecule has 0 bridgehead atoms. The molecular formula is C31H31F4N3O7. The molecule has 2 aromatic rings. The topological polar surface area (TPSA) is 173 Å². The molecule has 0 spiro atoms. The highest BCUT2D eigenvalue weighted by Gasteiger charge is 2.64. The average Bonchev–Trinajstić information content (AvgIpc) is 2.93. The van der Waals surface area contributed by atoms with E-state index in [4.69, 9.17) is 5.73 Å². The van der Waals surface area contributed by atoms with Gasteiger partial charge in [0.2, 0.25) is 5.78 Å². The summed E-state index contributed by atoms with van der Waals surface area (Å²) >= 11 is 0. The number of benzene rings is 2. The number of amides is 1. The number of rotatable bonds is 7. The van der Waals surface area contributed by atoms with E-state index in [2.05, 4.69) is 5.32 Å². The summed E-state index contributed by atoms with van der Waals surface area (Å²) in [7, 11) is 2.98. The normalized spacial score (nSPS) is 24.9. The molecule has 45 heavy (non-hydrogen) atoms. The van der Waals surface area contributed by atoms with Gasteiger partial charge in [-0.15, -0.1) is 0 Å². The summed E-state index contributed by atoms with van der Waals surface area (Å²) in [5, 5.41) is 48.3. The summed E-state index contributed by atoms with van der Waals surface area (Å²) in [5.74, 6) is -8.60. The molecule has 0 saturated heterocycles. The Morgan fingerprint density at radius 1 is 1.13 bits per heavy atom. The number of hydrogen-bond acceptors (Lipinski definition) is 9. The lowest BCUT2D eigenvalue weighted by atomic mass is 9.57. The molecule has 10 nitrogen and oxygen atoms in total. The number of aliphatic hydroxyl groups is 3. The second kappa shape index (κ2) is 11.3. The predicted molar refractivity (Wildman–Crippen MR) is 152 cm³/mol. The minimum absolute atomic E-state index is 0.0173. The van der Waals surface area contributed by atoms with Gasteiger partial charge in [-0.05, 0) is 67.7 Å². The number of carbonyl (C=O) groups excluding carboxylic acids is 3. The summed E-state index contributed by atoms with van der Waals surface area (Å²) in [6, 6.07) is 5.51. The molecule has 7 N–H and O–H groups in total. The fraction of sp³-hybridized carbons (Fsp3) is 0.387. The van der Waals surface area contributed by atoms with Gasteiger partial charge in [-0.25, -0.2) is 4.39 Å². The Morgan fingerprint density at radius 3 is 2.36 bits per heavy atom. The smallest absolute Gasteiger partial charge is 0.390 e. The van der Waals surface area contributed by atoms with Gasteiger partial charge in [-0.2, -0.15) is 13.2 Å². The van der Waals surface area contributed by atoms with Gasteiger partial charge in [-0.3, -0.25) is 19.3 Å². The van der Waals surface area contributed by atoms with Crippen LogP contribution < -0.4 is 11.1 Å². The van der Waals surface area contributed by atoms with E-state index in [1.807, 2.05) is 0 Å². The Hall–Kier alpha value is -4.27. The molecule has 1 saturated carbocycles. The largest absolute Gasteiger partial charge is 0.508 e. The van der Waals surface area contributed by atoms with Crippen LogP contribution in [0, 0.1) is 17.7 Å². The molecule has 1 amide bonds. The Morgan fingerprint density at radius 2 is 1.78 bits per heavy atom. The lowest BCUT2D eigenvalue weighted by Crippen LogP contribution is -2.65. The van der Waals surface area contributed by atoms with Crippen LogP contribution in [0.5, 0.6) is 5.75 Å². The van der Waals surface area contributed by atoms with E-state index in [0.717, 1.165) is 0 Å². The van der Waals surface area contributed by atoms with Crippen molar-refractivity contribution in [2.24, 2.45) is 17.6 Å². The number of aliphatic hydroxyl groups excluding tert-OH is 2. The van der Waals surface area contributed by atoms with Crippen LogP contribution in [0.4, 0.5) is 17.6 Å². The maximum Gasteiger partial charge on any atom is 0.390 e. The van der Waals surface area contributed by atoms with Crippen molar-refractivity contribution >= 4 is 23.2 Å². The lowest BCUT2D eigenvalue weighted by molar-refractivity contribution is -0.153. The van der Waals surface area contributed by atoms with Crippen molar-refractivity contribution in [3.05, 3.63) is 69.7 Å². The second-order valence-electron chi connectivity index (χ2n) is 11.8. The number of alkyl halides is 3. The number of fused-ring (bicyclic) bond motifs is 3. The Labute approximate surface area is 254 Å². The zero-order chi connectivity index (χ0) is 33.2. The molecule has 5 rings (SSSR count). The number of nitrogens with one attached hydrogen (secondary N) is 1. The third kappa shape index (κ3) is 5.26. The van der Waals surface area contributed by atoms with Gasteiger partial charge >= 0.3 is 6.18 Å². The van der Waals surface area contributed by atoms with Gasteiger partial charge in [0.1, 0.15) is 28.7 Å². The first kappa shape index (κ1) is 32.1. The van der Waals surface area contributed by atoms with Crippen LogP contribution in [0.25, 0.3) is 16.9 Å². The van der Waals surface area contributed by atoms with Crippen LogP contribution in [0.2, 0.25) is 0 Å². The average molecular weight is 634 g/mol. The van der Waals surface area contributed by atoms with Crippen LogP contribution in [-0.4, -0.2) is 81.3 Å². The van der Waals surface area contributed by atoms with Gasteiger partial charge in [0.05, 0.1) is 18.0 Å². The maximum absolute atomic E-state index is 14.1. The predicted octanol–water partition coefficient (Wildman–Crippen LogP) is 2.81. The van der Waals surface area contributed by atoms with E-state index in [0.29, 0.717) is 16.7 Å². The third-order valence-corrected chi connectivity index (χ3v) is 8.86. The van der Waals surface area contributed by atoms with Crippen molar-refractivity contribution in [3.63, 3.8) is 0 Å². The summed E-state index contributed by atoms with van der Waals surface area (Å²) in [5.41, 5.74) is 2.24. The number of nitrogens with two attached hydrogens (primary N) is 1. The van der Waals surface area contributed by atoms with E-state index >= 15 is 0 Å². The van der Waals surface area contributed by atoms with E-state index in [9.17, 15) is 52.4 Å². The van der Waals surface area contributed by atoms with Crippen molar-refractivity contribution in [1.82, 2.24) is 10.2 Å². The number of likely N-dealkylation sites (N-methyl/N-ethyl adjacent to an activating group) is 1. The number of ketones is 2. The van der Waals surface area contributed by atoms with Gasteiger partial charge in [0, 0.05) is 30.1 Å². The summed E-state index contributed by atoms with van der Waals surface area (Å²) < 4.78 is 51.9. The first-order chi connectivity index (χ1) is 21.0. The molecular weight excluding hydrogens is 602 g/mol. The van der Waals surface area contributed by atoms with Crippen LogP contribution >= 0.6 is 0 Å². The molecule has 3 aliphatic carbocycles. The van der Waals surface area contributed by atoms with E-state index < -0.39 is 88.8 Å². The van der Waals surface area contributed by atoms with Crippen LogP contribution in [0.1, 0.15) is 29.5 Å². The fourth-order valence-electron chi connectivity index (χ4n) is 6.84. The second-order valence-corrected chi connectivity index (χ2v) is 11.8. The molecule has 0 heterocycles. The molecule has 4 atom stereocenters. The number of phenols is 1. The van der Waals surface area contributed by atoms with Crippen molar-refractivity contribution in [3.8, 4) is 16.9 Å². The molecule has 2 aromatic carbocycles. The molecule has 0 radical (unpaired) electrons. The number of carbonyl (C=O) groups is 3. The van der Waals surface area contributed by atoms with Crippen molar-refractivity contribution in [2.75, 3.05) is 20.6 Å². The standard InChI is InChI=1S/C31H31F4N3O7/c1-38(2)23-19-11-14-9-18-17(13-3-5-16(32)6-4-13)10-15(12-37-8-7-30(33,34)35)24(39)21(18)25(40)20(14)27(42)31(19,45)28(43)22(26(23)41)29(36)44/h3-6,10,14,19,23,37,39-40,43,45H,7-9,11-12H2,1-2H3,(H2,36,44)/t14-,19-,23-,31-/m0/s1. The number of primary amides is 1. The molecule has 14 heteroatoms. The molecule has 0 aromatic heterocycles. The Bertz CT molecular complexity index is 1670. The van der Waals surface area contributed by atoms with Crippen LogP contribution in [0.15, 0.2) is 47.2 Å². The molecule has 1 fully saturated rings. The fourth-order valence-corrected chi connectivity index (χ4v) is 6.84. The zero-order valence-electron chi connectivity index (χ0n) is 24.2. The number of aromatic hydroxyl groups is 1. The van der Waals surface area contributed by atoms with E-state index in [-0.39, 0.29) is 36.1 Å². The zero-order valence-corrected chi connectivity index (χ0v) is 24.2. The highest BCUT2D eigenvalue weighted by molar-refractivity contribution is 6.24. The highest BCUT2D eigenvalue weighted by Crippen LogP contribution is 2.54. The number of hydrogen-bond donors (Lipinski definition) is 6. The third-order valence-electron chi connectivity index (χ3n) is 8.86. The van der Waals surface area contributed by atoms with Gasteiger partial charge in [0.25, 0.3) is 5.91 Å². The summed E-state index contributed by atoms with van der Waals surface area (Å²) in [6.07, 6.45) is -5.72. The molecule has 240 valence electrons. The molecule has 0 unspecified atom stereocenters. The molecule has 0 aliphatic heterocycles. The van der Waals surface area contributed by atoms with Crippen molar-refractivity contribution in [1.29, 1.82) is 0 Å².